The van der Waals surface area contributed by atoms with Crippen molar-refractivity contribution < 1.29 is 4.74 Å². The molecule has 4 heteroatoms. The van der Waals surface area contributed by atoms with E-state index in [-0.39, 0.29) is 0 Å². The van der Waals surface area contributed by atoms with Crippen LogP contribution in [0.5, 0.6) is 0 Å². The Balaban J connectivity index is 2.43. The summed E-state index contributed by atoms with van der Waals surface area (Å²) in [6.07, 6.45) is 0. The Kier molecular flexibility index (Phi) is 2.74. The third-order valence-corrected chi connectivity index (χ3v) is 2.92. The van der Waals surface area contributed by atoms with Crippen LogP contribution < -0.4 is 0 Å². The Bertz CT molecular complexity index is 365. The van der Waals surface area contributed by atoms with E-state index in [4.69, 9.17) is 16.3 Å². The normalized spacial score (nSPS) is 15.4. The number of rotatable bonds is 1. The molecule has 2 rings (SSSR count). The van der Waals surface area contributed by atoms with E-state index < -0.39 is 0 Å². The second-order valence-electron chi connectivity index (χ2n) is 2.66. The van der Waals surface area contributed by atoms with Gasteiger partial charge in [0, 0.05) is 8.59 Å². The molecule has 0 spiro atoms. The van der Waals surface area contributed by atoms with Crippen molar-refractivity contribution in [1.82, 2.24) is 0 Å². The summed E-state index contributed by atoms with van der Waals surface area (Å²) in [4.78, 5) is 4.24. The van der Waals surface area contributed by atoms with E-state index in [0.29, 0.717) is 17.5 Å². The standard InChI is InChI=1S/C9H7ClINO/c10-6-1-2-8(11)7(5-6)9-12-3-4-13-9/h1-2,5H,3-4H2. The summed E-state index contributed by atoms with van der Waals surface area (Å²) in [5.74, 6) is 0.715. The van der Waals surface area contributed by atoms with Crippen molar-refractivity contribution in [2.75, 3.05) is 13.2 Å². The molecule has 68 valence electrons. The van der Waals surface area contributed by atoms with Crippen LogP contribution >= 0.6 is 34.2 Å². The lowest BCUT2D eigenvalue weighted by molar-refractivity contribution is 0.348. The van der Waals surface area contributed by atoms with E-state index in [0.717, 1.165) is 15.7 Å². The Morgan fingerprint density at radius 2 is 2.31 bits per heavy atom. The predicted molar refractivity (Wildman–Crippen MR) is 61.5 cm³/mol. The summed E-state index contributed by atoms with van der Waals surface area (Å²) in [6.45, 7) is 1.43. The van der Waals surface area contributed by atoms with Crippen LogP contribution in [-0.4, -0.2) is 19.0 Å². The molecule has 0 saturated heterocycles. The van der Waals surface area contributed by atoms with Gasteiger partial charge in [0.25, 0.3) is 0 Å². The predicted octanol–water partition coefficient (Wildman–Crippen LogP) is 2.72. The van der Waals surface area contributed by atoms with Gasteiger partial charge in [-0.3, -0.25) is 0 Å². The number of hydrogen-bond donors (Lipinski definition) is 0. The first-order valence-corrected chi connectivity index (χ1v) is 5.36. The third-order valence-electron chi connectivity index (χ3n) is 1.74. The van der Waals surface area contributed by atoms with Crippen LogP contribution in [0.1, 0.15) is 5.56 Å². The molecular formula is C9H7ClINO. The number of nitrogens with zero attached hydrogens (tertiary/aromatic N) is 1. The molecule has 1 aromatic carbocycles. The topological polar surface area (TPSA) is 21.6 Å². The van der Waals surface area contributed by atoms with Crippen molar-refractivity contribution in [3.8, 4) is 0 Å². The molecule has 0 amide bonds. The average molecular weight is 308 g/mol. The quantitative estimate of drug-likeness (QED) is 0.731. The van der Waals surface area contributed by atoms with Crippen molar-refractivity contribution in [3.63, 3.8) is 0 Å². The Morgan fingerprint density at radius 3 is 3.00 bits per heavy atom. The lowest BCUT2D eigenvalue weighted by Gasteiger charge is -2.04. The molecule has 0 aliphatic carbocycles. The van der Waals surface area contributed by atoms with Gasteiger partial charge in [-0.05, 0) is 40.8 Å². The molecule has 0 N–H and O–H groups in total. The molecule has 2 nitrogen and oxygen atoms in total. The van der Waals surface area contributed by atoms with Gasteiger partial charge < -0.3 is 4.74 Å². The van der Waals surface area contributed by atoms with E-state index in [1.165, 1.54) is 0 Å². The van der Waals surface area contributed by atoms with Crippen molar-refractivity contribution in [1.29, 1.82) is 0 Å². The zero-order chi connectivity index (χ0) is 9.26. The number of ether oxygens (including phenoxy) is 1. The lowest BCUT2D eigenvalue weighted by Crippen LogP contribution is -2.03. The fourth-order valence-electron chi connectivity index (χ4n) is 1.16. The number of benzene rings is 1. The van der Waals surface area contributed by atoms with Crippen LogP contribution in [0.4, 0.5) is 0 Å². The maximum absolute atomic E-state index is 5.88. The number of halogens is 2. The molecule has 0 aromatic heterocycles. The highest BCUT2D eigenvalue weighted by Crippen LogP contribution is 2.20. The maximum atomic E-state index is 5.88. The highest BCUT2D eigenvalue weighted by atomic mass is 127. The zero-order valence-electron chi connectivity index (χ0n) is 6.76. The molecule has 1 heterocycles. The molecule has 0 bridgehead atoms. The fraction of sp³-hybridized carbons (Fsp3) is 0.222. The first-order valence-electron chi connectivity index (χ1n) is 3.90. The van der Waals surface area contributed by atoms with Crippen LogP contribution in [0.15, 0.2) is 23.2 Å². The van der Waals surface area contributed by atoms with E-state index in [2.05, 4.69) is 27.6 Å². The minimum Gasteiger partial charge on any atom is -0.475 e. The van der Waals surface area contributed by atoms with Crippen molar-refractivity contribution in [2.24, 2.45) is 4.99 Å². The number of hydrogen-bond acceptors (Lipinski definition) is 2. The van der Waals surface area contributed by atoms with E-state index in [1.54, 1.807) is 0 Å². The van der Waals surface area contributed by atoms with Gasteiger partial charge in [-0.1, -0.05) is 11.6 Å². The van der Waals surface area contributed by atoms with Gasteiger partial charge in [0.05, 0.1) is 12.1 Å². The van der Waals surface area contributed by atoms with Gasteiger partial charge in [-0.25, -0.2) is 4.99 Å². The van der Waals surface area contributed by atoms with Crippen molar-refractivity contribution >= 4 is 40.1 Å². The van der Waals surface area contributed by atoms with Crippen molar-refractivity contribution in [2.45, 2.75) is 0 Å². The van der Waals surface area contributed by atoms with Crippen LogP contribution in [0.25, 0.3) is 0 Å². The van der Waals surface area contributed by atoms with Gasteiger partial charge in [0.2, 0.25) is 5.90 Å². The molecule has 1 aromatic rings. The summed E-state index contributed by atoms with van der Waals surface area (Å²) >= 11 is 8.13. The first-order chi connectivity index (χ1) is 6.27. The summed E-state index contributed by atoms with van der Waals surface area (Å²) in [5.41, 5.74) is 0.991. The van der Waals surface area contributed by atoms with Gasteiger partial charge in [-0.2, -0.15) is 0 Å². The molecule has 0 unspecified atom stereocenters. The molecule has 1 aliphatic rings. The first kappa shape index (κ1) is 9.27. The largest absolute Gasteiger partial charge is 0.475 e. The Labute approximate surface area is 95.1 Å². The van der Waals surface area contributed by atoms with E-state index in [1.807, 2.05) is 18.2 Å². The molecule has 1 aliphatic heterocycles. The second-order valence-corrected chi connectivity index (χ2v) is 4.26. The zero-order valence-corrected chi connectivity index (χ0v) is 9.67. The Morgan fingerprint density at radius 1 is 1.46 bits per heavy atom. The summed E-state index contributed by atoms with van der Waals surface area (Å²) in [6, 6.07) is 5.71. The SMILES string of the molecule is Clc1ccc(I)c(C2=NCCO2)c1. The number of aliphatic imine (C=N–C) groups is 1. The molecule has 0 saturated carbocycles. The minimum absolute atomic E-state index is 0.678. The van der Waals surface area contributed by atoms with Crippen LogP contribution in [0, 0.1) is 3.57 Å². The lowest BCUT2D eigenvalue weighted by atomic mass is 10.2. The summed E-state index contributed by atoms with van der Waals surface area (Å²) in [7, 11) is 0. The summed E-state index contributed by atoms with van der Waals surface area (Å²) < 4.78 is 6.47. The smallest absolute Gasteiger partial charge is 0.217 e. The molecule has 0 radical (unpaired) electrons. The molecule has 13 heavy (non-hydrogen) atoms. The molecule has 0 fully saturated rings. The average Bonchev–Trinajstić information content (AvgIpc) is 2.61. The van der Waals surface area contributed by atoms with Gasteiger partial charge in [0.15, 0.2) is 0 Å². The van der Waals surface area contributed by atoms with Crippen LogP contribution in [0.2, 0.25) is 5.02 Å². The maximum Gasteiger partial charge on any atom is 0.217 e. The molecule has 0 atom stereocenters. The van der Waals surface area contributed by atoms with E-state index >= 15 is 0 Å². The minimum atomic E-state index is 0.678. The monoisotopic (exact) mass is 307 g/mol. The highest BCUT2D eigenvalue weighted by Gasteiger charge is 2.13. The fourth-order valence-corrected chi connectivity index (χ4v) is 1.90. The summed E-state index contributed by atoms with van der Waals surface area (Å²) in [5, 5.41) is 0.716. The van der Waals surface area contributed by atoms with E-state index in [9.17, 15) is 0 Å². The second kappa shape index (κ2) is 3.84. The van der Waals surface area contributed by atoms with Gasteiger partial charge in [-0.15, -0.1) is 0 Å². The van der Waals surface area contributed by atoms with Crippen LogP contribution in [-0.2, 0) is 4.74 Å². The van der Waals surface area contributed by atoms with Crippen molar-refractivity contribution in [3.05, 3.63) is 32.4 Å². The highest BCUT2D eigenvalue weighted by molar-refractivity contribution is 14.1. The van der Waals surface area contributed by atoms with Gasteiger partial charge in [0.1, 0.15) is 6.61 Å². The third kappa shape index (κ3) is 1.96. The van der Waals surface area contributed by atoms with Gasteiger partial charge >= 0.3 is 0 Å². The van der Waals surface area contributed by atoms with Crippen LogP contribution in [0.3, 0.4) is 0 Å². The Hall–Kier alpha value is -0.290. The molecular weight excluding hydrogens is 300 g/mol.